The molecule has 0 N–H and O–H groups in total. The maximum atomic E-state index is 10.0. The Bertz CT molecular complexity index is 274. The number of aliphatic carboxylic acids is 2. The van der Waals surface area contributed by atoms with Crippen molar-refractivity contribution in [1.29, 1.82) is 0 Å². The quantitative estimate of drug-likeness (QED) is 0.215. The van der Waals surface area contributed by atoms with Gasteiger partial charge < -0.3 is 19.8 Å². The molecule has 9 heteroatoms. The third-order valence-electron chi connectivity index (χ3n) is 2.66. The van der Waals surface area contributed by atoms with Crippen LogP contribution < -0.4 is 10.2 Å². The smallest absolute Gasteiger partial charge is 0.0889 e. The molecular weight excluding hydrogens is 503 g/mol. The van der Waals surface area contributed by atoms with Crippen LogP contribution in [0.3, 0.4) is 0 Å². The Hall–Kier alpha value is 1.14. The normalized spacial score (nSPS) is 9.60. The summed E-state index contributed by atoms with van der Waals surface area (Å²) < 4.78 is 2.43. The van der Waals surface area contributed by atoms with E-state index in [0.29, 0.717) is 0 Å². The fourth-order valence-corrected chi connectivity index (χ4v) is 7.77. The van der Waals surface area contributed by atoms with Crippen LogP contribution in [0, 0.1) is 0 Å². The van der Waals surface area contributed by atoms with Crippen LogP contribution in [0.1, 0.15) is 39.5 Å². The van der Waals surface area contributed by atoms with Crippen LogP contribution in [0.25, 0.3) is 0 Å². The van der Waals surface area contributed by atoms with Gasteiger partial charge in [-0.25, -0.2) is 0 Å². The minimum absolute atomic E-state index is 0.149. The predicted molar refractivity (Wildman–Crippen MR) is 117 cm³/mol. The van der Waals surface area contributed by atoms with Gasteiger partial charge in [0.25, 0.3) is 0 Å². The summed E-state index contributed by atoms with van der Waals surface area (Å²) in [5.41, 5.74) is 0. The van der Waals surface area contributed by atoms with E-state index in [2.05, 4.69) is 13.8 Å². The number of rotatable bonds is 12. The second-order valence-corrected chi connectivity index (χ2v) is 13.4. The van der Waals surface area contributed by atoms with Crippen LogP contribution in [-0.2, 0) is 9.59 Å². The van der Waals surface area contributed by atoms with Crippen molar-refractivity contribution in [3.05, 3.63) is 0 Å². The van der Waals surface area contributed by atoms with Crippen LogP contribution >= 0.6 is 47.0 Å². The van der Waals surface area contributed by atoms with Crippen LogP contribution in [0.2, 0.25) is 8.87 Å². The van der Waals surface area contributed by atoms with Crippen LogP contribution in [0.15, 0.2) is 0 Å². The summed E-state index contributed by atoms with van der Waals surface area (Å²) in [7, 11) is 0. The number of carbonyl (C=O) groups excluding carboxylic acids is 2. The molecule has 0 saturated carbocycles. The maximum absolute atomic E-state index is 10.0. The molecular formula is C16H32O4S4Sn. The Balaban J connectivity index is -0.000000291. The van der Waals surface area contributed by atoms with E-state index in [1.807, 2.05) is 0 Å². The maximum Gasteiger partial charge on any atom is 0.0889 e. The molecule has 0 aliphatic carbocycles. The average molecular weight is 535 g/mol. The fraction of sp³-hybridized carbons (Fsp3) is 0.875. The number of unbranched alkanes of at least 4 members (excludes halogenated alkanes) is 2. The fourth-order valence-electron chi connectivity index (χ4n) is 1.31. The van der Waals surface area contributed by atoms with E-state index >= 15 is 0 Å². The molecule has 0 fully saturated rings. The van der Waals surface area contributed by atoms with E-state index in [-0.39, 0.29) is 21.1 Å². The largest absolute Gasteiger partial charge is 0.548 e. The number of hydrogen-bond acceptors (Lipinski definition) is 8. The van der Waals surface area contributed by atoms with Crippen molar-refractivity contribution in [3.63, 3.8) is 0 Å². The van der Waals surface area contributed by atoms with E-state index in [4.69, 9.17) is 0 Å². The number of carbonyl (C=O) groups is 2. The molecule has 0 unspecified atom stereocenters. The summed E-state index contributed by atoms with van der Waals surface area (Å²) in [5, 5.41) is 20.0. The Kier molecular flexibility index (Phi) is 31.0. The molecule has 25 heavy (non-hydrogen) atoms. The zero-order chi connectivity index (χ0) is 20.1. The van der Waals surface area contributed by atoms with Crippen molar-refractivity contribution < 1.29 is 19.8 Å². The standard InChI is InChI=1S/2C4H8O2S2.2C4H9.Sn/c2*1-7-4(8-2)3(5)6;2*1-3-4-2;/h2*4H,1-2H3,(H,5,6);2*1,3-4H2,2H3;/q;;;;+2/p-2. The summed E-state index contributed by atoms with van der Waals surface area (Å²) in [6.45, 7) is 4.58. The third kappa shape index (κ3) is 25.1. The molecule has 148 valence electrons. The number of hydrogen-bond donors (Lipinski definition) is 0. The molecule has 0 atom stereocenters. The van der Waals surface area contributed by atoms with Gasteiger partial charge in [0.15, 0.2) is 0 Å². The molecule has 0 aliphatic heterocycles. The molecule has 4 nitrogen and oxygen atoms in total. The van der Waals surface area contributed by atoms with Crippen molar-refractivity contribution in [2.24, 2.45) is 0 Å². The van der Waals surface area contributed by atoms with E-state index in [1.54, 1.807) is 33.9 Å². The van der Waals surface area contributed by atoms with Crippen molar-refractivity contribution in [2.45, 2.75) is 57.6 Å². The van der Waals surface area contributed by atoms with Gasteiger partial charge in [0, 0.05) is 0 Å². The molecule has 0 spiro atoms. The number of carboxylic acid groups (broad SMARTS) is 2. The first-order valence-corrected chi connectivity index (χ1v) is 17.3. The van der Waals surface area contributed by atoms with Gasteiger partial charge >= 0.3 is 69.5 Å². The average Bonchev–Trinajstić information content (AvgIpc) is 2.57. The van der Waals surface area contributed by atoms with E-state index in [1.165, 1.54) is 72.7 Å². The number of carboxylic acids is 2. The molecule has 0 aromatic heterocycles. The Morgan fingerprint density at radius 1 is 0.760 bits per heavy atom. The van der Waals surface area contributed by atoms with Gasteiger partial charge in [-0.2, -0.15) is 0 Å². The summed E-state index contributed by atoms with van der Waals surface area (Å²) >= 11 is 5.27. The molecule has 0 radical (unpaired) electrons. The molecule has 0 aliphatic rings. The summed E-state index contributed by atoms with van der Waals surface area (Å²) in [5.74, 6) is -1.99. The van der Waals surface area contributed by atoms with Gasteiger partial charge in [-0.1, -0.05) is 0 Å². The van der Waals surface area contributed by atoms with E-state index in [0.717, 1.165) is 0 Å². The zero-order valence-corrected chi connectivity index (χ0v) is 22.3. The predicted octanol–water partition coefficient (Wildman–Crippen LogP) is 2.70. The summed E-state index contributed by atoms with van der Waals surface area (Å²) in [6, 6.07) is 0. The van der Waals surface area contributed by atoms with Gasteiger partial charge in [0.05, 0.1) is 21.1 Å². The SMILES string of the molecule is CCC[CH2][Sn+2][CH2]CCC.CSC(SC)C(=O)[O-].CSC(SC)C(=O)[O-]. The molecule has 0 aromatic rings. The van der Waals surface area contributed by atoms with Gasteiger partial charge in [-0.3, -0.25) is 0 Å². The molecule has 0 rings (SSSR count). The van der Waals surface area contributed by atoms with Crippen LogP contribution in [0.4, 0.5) is 0 Å². The Morgan fingerprint density at radius 2 is 1.04 bits per heavy atom. The minimum Gasteiger partial charge on any atom is -0.548 e. The van der Waals surface area contributed by atoms with E-state index in [9.17, 15) is 19.8 Å². The second kappa shape index (κ2) is 25.1. The first-order valence-electron chi connectivity index (χ1n) is 8.09. The second-order valence-electron chi connectivity index (χ2n) is 4.70. The van der Waals surface area contributed by atoms with Crippen molar-refractivity contribution in [2.75, 3.05) is 25.0 Å². The van der Waals surface area contributed by atoms with Gasteiger partial charge in [0.2, 0.25) is 0 Å². The zero-order valence-electron chi connectivity index (χ0n) is 16.2. The molecule has 0 bridgehead atoms. The van der Waals surface area contributed by atoms with Crippen LogP contribution in [0.5, 0.6) is 0 Å². The van der Waals surface area contributed by atoms with Gasteiger partial charge in [-0.15, -0.1) is 47.0 Å². The first kappa shape index (κ1) is 30.9. The molecule has 0 aromatic carbocycles. The van der Waals surface area contributed by atoms with Crippen molar-refractivity contribution in [3.8, 4) is 0 Å². The molecule has 0 amide bonds. The summed E-state index contributed by atoms with van der Waals surface area (Å²) in [6.07, 6.45) is 12.8. The minimum atomic E-state index is -0.995. The third-order valence-corrected chi connectivity index (χ3v) is 11.5. The monoisotopic (exact) mass is 536 g/mol. The van der Waals surface area contributed by atoms with E-state index < -0.39 is 21.1 Å². The Morgan fingerprint density at radius 3 is 1.16 bits per heavy atom. The van der Waals surface area contributed by atoms with Gasteiger partial charge in [-0.05, 0) is 25.0 Å². The van der Waals surface area contributed by atoms with Crippen molar-refractivity contribution in [1.82, 2.24) is 0 Å². The van der Waals surface area contributed by atoms with Crippen LogP contribution in [-0.4, -0.2) is 67.3 Å². The molecule has 0 saturated heterocycles. The summed E-state index contributed by atoms with van der Waals surface area (Å²) in [4.78, 5) is 20.0. The van der Waals surface area contributed by atoms with Gasteiger partial charge in [0.1, 0.15) is 0 Å². The first-order chi connectivity index (χ1) is 11.9. The number of thioether (sulfide) groups is 4. The van der Waals surface area contributed by atoms with Crippen molar-refractivity contribution >= 4 is 80.1 Å². The molecule has 0 heterocycles. The topological polar surface area (TPSA) is 80.3 Å². The Labute approximate surface area is 181 Å².